The normalized spacial score (nSPS) is 10.6. The summed E-state index contributed by atoms with van der Waals surface area (Å²) in [6.07, 6.45) is 2.06. The third-order valence-electron chi connectivity index (χ3n) is 3.07. The Bertz CT molecular complexity index is 606. The van der Waals surface area contributed by atoms with Crippen LogP contribution in [0.4, 0.5) is 0 Å². The number of hydrogen-bond acceptors (Lipinski definition) is 3. The van der Waals surface area contributed by atoms with Gasteiger partial charge in [0.15, 0.2) is 0 Å². The lowest BCUT2D eigenvalue weighted by molar-refractivity contribution is -0.136. The van der Waals surface area contributed by atoms with Crippen molar-refractivity contribution in [2.24, 2.45) is 0 Å². The molecule has 0 radical (unpaired) electrons. The van der Waals surface area contributed by atoms with Crippen molar-refractivity contribution in [2.45, 2.75) is 25.7 Å². The Hall–Kier alpha value is -1.88. The molecule has 106 valence electrons. The summed E-state index contributed by atoms with van der Waals surface area (Å²) in [5.41, 5.74) is 1.28. The number of thiophene rings is 1. The topological polar surface area (TPSA) is 66.4 Å². The van der Waals surface area contributed by atoms with Crippen LogP contribution in [-0.4, -0.2) is 23.5 Å². The van der Waals surface area contributed by atoms with Crippen LogP contribution in [0.2, 0.25) is 0 Å². The minimum absolute atomic E-state index is 0.0269. The minimum Gasteiger partial charge on any atom is -0.481 e. The largest absolute Gasteiger partial charge is 0.481 e. The molecule has 4 nitrogen and oxygen atoms in total. The van der Waals surface area contributed by atoms with Gasteiger partial charge in [0.1, 0.15) is 0 Å². The Kier molecular flexibility index (Phi) is 5.12. The number of amides is 1. The third-order valence-corrected chi connectivity index (χ3v) is 4.08. The summed E-state index contributed by atoms with van der Waals surface area (Å²) in [6, 6.07) is 8.26. The molecule has 1 aromatic heterocycles. The van der Waals surface area contributed by atoms with Gasteiger partial charge in [0.25, 0.3) is 0 Å². The van der Waals surface area contributed by atoms with Crippen LogP contribution < -0.4 is 5.32 Å². The van der Waals surface area contributed by atoms with Crippen LogP contribution in [-0.2, 0) is 16.0 Å². The highest BCUT2D eigenvalue weighted by molar-refractivity contribution is 7.17. The summed E-state index contributed by atoms with van der Waals surface area (Å²) in [5.74, 6) is -0.971. The maximum atomic E-state index is 11.5. The van der Waals surface area contributed by atoms with E-state index in [0.717, 1.165) is 12.8 Å². The van der Waals surface area contributed by atoms with Crippen LogP contribution >= 0.6 is 11.3 Å². The van der Waals surface area contributed by atoms with E-state index < -0.39 is 5.97 Å². The van der Waals surface area contributed by atoms with Crippen LogP contribution in [0.3, 0.4) is 0 Å². The number of carboxylic acid groups (broad SMARTS) is 1. The lowest BCUT2D eigenvalue weighted by atomic mass is 10.1. The minimum atomic E-state index is -0.893. The number of carboxylic acids is 1. The maximum Gasteiger partial charge on any atom is 0.305 e. The summed E-state index contributed by atoms with van der Waals surface area (Å²) in [4.78, 5) is 21.8. The highest BCUT2D eigenvalue weighted by Gasteiger charge is 2.06. The average molecular weight is 291 g/mol. The standard InChI is InChI=1S/C15H17NO3S/c17-14(16-9-8-15(18)19)7-3-4-11-10-20-13-6-2-1-5-12(11)13/h1-2,5-6,10H,3-4,7-9H2,(H,16,17)(H,18,19). The van der Waals surface area contributed by atoms with E-state index in [9.17, 15) is 9.59 Å². The number of carbonyl (C=O) groups excluding carboxylic acids is 1. The first-order valence-electron chi connectivity index (χ1n) is 6.60. The molecule has 2 rings (SSSR count). The molecular formula is C15H17NO3S. The number of rotatable bonds is 7. The van der Waals surface area contributed by atoms with Crippen LogP contribution in [0.1, 0.15) is 24.8 Å². The Morgan fingerprint density at radius 3 is 2.80 bits per heavy atom. The van der Waals surface area contributed by atoms with Crippen molar-refractivity contribution < 1.29 is 14.7 Å². The number of hydrogen-bond donors (Lipinski definition) is 2. The smallest absolute Gasteiger partial charge is 0.305 e. The van der Waals surface area contributed by atoms with E-state index in [4.69, 9.17) is 5.11 Å². The van der Waals surface area contributed by atoms with Gasteiger partial charge in [-0.25, -0.2) is 0 Å². The molecule has 2 N–H and O–H groups in total. The molecule has 1 amide bonds. The van der Waals surface area contributed by atoms with Crippen molar-refractivity contribution in [1.82, 2.24) is 5.32 Å². The summed E-state index contributed by atoms with van der Waals surface area (Å²) in [7, 11) is 0. The first-order valence-corrected chi connectivity index (χ1v) is 7.48. The Morgan fingerprint density at radius 2 is 2.00 bits per heavy atom. The molecule has 0 aliphatic carbocycles. The first kappa shape index (κ1) is 14.5. The summed E-state index contributed by atoms with van der Waals surface area (Å²) in [5, 5.41) is 14.5. The van der Waals surface area contributed by atoms with Gasteiger partial charge in [-0.1, -0.05) is 18.2 Å². The predicted molar refractivity (Wildman–Crippen MR) is 80.0 cm³/mol. The van der Waals surface area contributed by atoms with Crippen LogP contribution in [0.15, 0.2) is 29.6 Å². The molecule has 0 saturated carbocycles. The molecule has 0 bridgehead atoms. The van der Waals surface area contributed by atoms with E-state index in [1.54, 1.807) is 11.3 Å². The van der Waals surface area contributed by atoms with Crippen molar-refractivity contribution in [3.05, 3.63) is 35.2 Å². The molecule has 0 spiro atoms. The number of fused-ring (bicyclic) bond motifs is 1. The van der Waals surface area contributed by atoms with Crippen LogP contribution in [0.25, 0.3) is 10.1 Å². The van der Waals surface area contributed by atoms with Gasteiger partial charge in [-0.2, -0.15) is 0 Å². The maximum absolute atomic E-state index is 11.5. The van der Waals surface area contributed by atoms with E-state index in [-0.39, 0.29) is 18.9 Å². The van der Waals surface area contributed by atoms with E-state index >= 15 is 0 Å². The second kappa shape index (κ2) is 7.05. The fourth-order valence-corrected chi connectivity index (χ4v) is 3.06. The lowest BCUT2D eigenvalue weighted by Crippen LogP contribution is -2.25. The lowest BCUT2D eigenvalue weighted by Gasteiger charge is -2.03. The first-order chi connectivity index (χ1) is 9.66. The Morgan fingerprint density at radius 1 is 1.20 bits per heavy atom. The van der Waals surface area contributed by atoms with Crippen molar-refractivity contribution >= 4 is 33.3 Å². The van der Waals surface area contributed by atoms with Gasteiger partial charge in [0.2, 0.25) is 5.91 Å². The number of aliphatic carboxylic acids is 1. The summed E-state index contributed by atoms with van der Waals surface area (Å²) in [6.45, 7) is 0.204. The third kappa shape index (κ3) is 4.06. The fourth-order valence-electron chi connectivity index (χ4n) is 2.06. The highest BCUT2D eigenvalue weighted by Crippen LogP contribution is 2.26. The van der Waals surface area contributed by atoms with E-state index in [1.807, 2.05) is 12.1 Å². The van der Waals surface area contributed by atoms with Crippen molar-refractivity contribution in [2.75, 3.05) is 6.54 Å². The van der Waals surface area contributed by atoms with Crippen molar-refractivity contribution in [1.29, 1.82) is 0 Å². The zero-order valence-corrected chi connectivity index (χ0v) is 11.9. The zero-order chi connectivity index (χ0) is 14.4. The molecule has 0 saturated heterocycles. The second-order valence-electron chi connectivity index (χ2n) is 4.60. The number of nitrogens with one attached hydrogen (secondary N) is 1. The number of aryl methyl sites for hydroxylation is 1. The SMILES string of the molecule is O=C(O)CCNC(=O)CCCc1csc2ccccc12. The molecule has 1 heterocycles. The Balaban J connectivity index is 1.75. The van der Waals surface area contributed by atoms with Crippen molar-refractivity contribution in [3.63, 3.8) is 0 Å². The number of benzene rings is 1. The second-order valence-corrected chi connectivity index (χ2v) is 5.52. The summed E-state index contributed by atoms with van der Waals surface area (Å²) >= 11 is 1.72. The quantitative estimate of drug-likeness (QED) is 0.824. The molecule has 5 heteroatoms. The van der Waals surface area contributed by atoms with Gasteiger partial charge < -0.3 is 10.4 Å². The molecule has 0 aliphatic heterocycles. The summed E-state index contributed by atoms with van der Waals surface area (Å²) < 4.78 is 1.27. The van der Waals surface area contributed by atoms with Crippen LogP contribution in [0.5, 0.6) is 0 Å². The molecule has 0 fully saturated rings. The number of carbonyl (C=O) groups is 2. The van der Waals surface area contributed by atoms with E-state index in [0.29, 0.717) is 6.42 Å². The zero-order valence-electron chi connectivity index (χ0n) is 11.1. The van der Waals surface area contributed by atoms with Gasteiger partial charge in [-0.3, -0.25) is 9.59 Å². The monoisotopic (exact) mass is 291 g/mol. The van der Waals surface area contributed by atoms with Gasteiger partial charge >= 0.3 is 5.97 Å². The fraction of sp³-hybridized carbons (Fsp3) is 0.333. The predicted octanol–water partition coefficient (Wildman–Crippen LogP) is 2.81. The molecule has 1 aromatic carbocycles. The van der Waals surface area contributed by atoms with E-state index in [1.165, 1.54) is 15.6 Å². The molecule has 0 atom stereocenters. The van der Waals surface area contributed by atoms with Gasteiger partial charge in [0.05, 0.1) is 6.42 Å². The van der Waals surface area contributed by atoms with E-state index in [2.05, 4.69) is 22.8 Å². The average Bonchev–Trinajstić information content (AvgIpc) is 2.82. The molecule has 20 heavy (non-hydrogen) atoms. The molecule has 0 unspecified atom stereocenters. The molecular weight excluding hydrogens is 274 g/mol. The van der Waals surface area contributed by atoms with Gasteiger partial charge in [-0.15, -0.1) is 11.3 Å². The molecule has 0 aliphatic rings. The highest BCUT2D eigenvalue weighted by atomic mass is 32.1. The van der Waals surface area contributed by atoms with Crippen LogP contribution in [0, 0.1) is 0 Å². The molecule has 2 aromatic rings. The van der Waals surface area contributed by atoms with Gasteiger partial charge in [0, 0.05) is 17.7 Å². The van der Waals surface area contributed by atoms with Gasteiger partial charge in [-0.05, 0) is 35.2 Å². The Labute approximate surface area is 121 Å². The van der Waals surface area contributed by atoms with Crippen molar-refractivity contribution in [3.8, 4) is 0 Å².